The Morgan fingerprint density at radius 2 is 2.18 bits per heavy atom. The summed E-state index contributed by atoms with van der Waals surface area (Å²) in [5, 5.41) is 4.45. The average molecular weight is 229 g/mol. The first-order valence-electron chi connectivity index (χ1n) is 6.04. The molecule has 0 radical (unpaired) electrons. The van der Waals surface area contributed by atoms with E-state index in [1.165, 1.54) is 0 Å². The Balaban J connectivity index is 2.16. The molecule has 3 rings (SSSR count). The molecular weight excluding hydrogens is 214 g/mol. The fourth-order valence-corrected chi connectivity index (χ4v) is 2.54. The molecule has 0 aliphatic carbocycles. The van der Waals surface area contributed by atoms with E-state index in [0.29, 0.717) is 5.92 Å². The average Bonchev–Trinajstić information content (AvgIpc) is 2.39. The molecule has 17 heavy (non-hydrogen) atoms. The number of H-pyrrole nitrogens is 1. The molecule has 4 nitrogen and oxygen atoms in total. The molecule has 4 heteroatoms. The van der Waals surface area contributed by atoms with Gasteiger partial charge in [0, 0.05) is 23.5 Å². The van der Waals surface area contributed by atoms with Crippen molar-refractivity contribution in [2.45, 2.75) is 18.8 Å². The fraction of sp³-hybridized carbons (Fsp3) is 0.385. The maximum Gasteiger partial charge on any atom is 0.345 e. The van der Waals surface area contributed by atoms with Gasteiger partial charge in [0.25, 0.3) is 0 Å². The minimum Gasteiger partial charge on any atom is -0.316 e. The molecule has 1 fully saturated rings. The lowest BCUT2D eigenvalue weighted by Gasteiger charge is -2.23. The summed E-state index contributed by atoms with van der Waals surface area (Å²) in [6.07, 6.45) is 2.28. The summed E-state index contributed by atoms with van der Waals surface area (Å²) in [6, 6.07) is 7.83. The molecule has 2 aromatic rings. The summed E-state index contributed by atoms with van der Waals surface area (Å²) in [4.78, 5) is 18.5. The highest BCUT2D eigenvalue weighted by Crippen LogP contribution is 2.26. The van der Waals surface area contributed by atoms with Gasteiger partial charge in [-0.15, -0.1) is 0 Å². The minimum absolute atomic E-state index is 0.246. The van der Waals surface area contributed by atoms with Gasteiger partial charge in [0.15, 0.2) is 0 Å². The summed E-state index contributed by atoms with van der Waals surface area (Å²) in [5.74, 6) is 0.393. The molecule has 0 spiro atoms. The number of nitrogens with one attached hydrogen (secondary N) is 2. The molecule has 1 saturated heterocycles. The Kier molecular flexibility index (Phi) is 2.65. The van der Waals surface area contributed by atoms with Crippen LogP contribution in [0.15, 0.2) is 29.1 Å². The number of hydrogen-bond acceptors (Lipinski definition) is 3. The van der Waals surface area contributed by atoms with Crippen molar-refractivity contribution >= 4 is 10.9 Å². The summed E-state index contributed by atoms with van der Waals surface area (Å²) in [5.41, 5.74) is 1.58. The van der Waals surface area contributed by atoms with Crippen LogP contribution in [0.1, 0.15) is 24.5 Å². The Labute approximate surface area is 99.1 Å². The van der Waals surface area contributed by atoms with Crippen LogP contribution in [-0.2, 0) is 0 Å². The third kappa shape index (κ3) is 1.96. The van der Waals surface area contributed by atoms with Crippen molar-refractivity contribution in [2.75, 3.05) is 13.1 Å². The number of para-hydroxylation sites is 1. The zero-order valence-corrected chi connectivity index (χ0v) is 9.57. The van der Waals surface area contributed by atoms with E-state index in [1.54, 1.807) is 0 Å². The van der Waals surface area contributed by atoms with Crippen LogP contribution in [0.5, 0.6) is 0 Å². The summed E-state index contributed by atoms with van der Waals surface area (Å²) >= 11 is 0. The van der Waals surface area contributed by atoms with E-state index in [-0.39, 0.29) is 5.69 Å². The van der Waals surface area contributed by atoms with Crippen LogP contribution < -0.4 is 11.0 Å². The monoisotopic (exact) mass is 229 g/mol. The number of aromatic nitrogens is 2. The van der Waals surface area contributed by atoms with E-state index in [9.17, 15) is 4.79 Å². The smallest absolute Gasteiger partial charge is 0.316 e. The molecule has 0 bridgehead atoms. The van der Waals surface area contributed by atoms with E-state index in [2.05, 4.69) is 15.3 Å². The highest BCUT2D eigenvalue weighted by Gasteiger charge is 2.18. The molecule has 1 aromatic carbocycles. The lowest BCUT2D eigenvalue weighted by atomic mass is 9.93. The third-order valence-corrected chi connectivity index (χ3v) is 3.36. The highest BCUT2D eigenvalue weighted by atomic mass is 16.1. The van der Waals surface area contributed by atoms with Crippen LogP contribution in [0.4, 0.5) is 0 Å². The van der Waals surface area contributed by atoms with Gasteiger partial charge in [-0.05, 0) is 25.5 Å². The second kappa shape index (κ2) is 4.30. The summed E-state index contributed by atoms with van der Waals surface area (Å²) < 4.78 is 0. The largest absolute Gasteiger partial charge is 0.345 e. The topological polar surface area (TPSA) is 57.8 Å². The van der Waals surface area contributed by atoms with Gasteiger partial charge in [-0.25, -0.2) is 4.79 Å². The van der Waals surface area contributed by atoms with Crippen molar-refractivity contribution < 1.29 is 0 Å². The highest BCUT2D eigenvalue weighted by molar-refractivity contribution is 5.80. The summed E-state index contributed by atoms with van der Waals surface area (Å²) in [6.45, 7) is 2.01. The number of hydrogen-bond donors (Lipinski definition) is 2. The van der Waals surface area contributed by atoms with Gasteiger partial charge >= 0.3 is 5.69 Å². The van der Waals surface area contributed by atoms with Crippen LogP contribution in [0.3, 0.4) is 0 Å². The van der Waals surface area contributed by atoms with E-state index in [0.717, 1.165) is 42.5 Å². The number of piperidine rings is 1. The van der Waals surface area contributed by atoms with Gasteiger partial charge in [0.1, 0.15) is 0 Å². The Morgan fingerprint density at radius 3 is 3.00 bits per heavy atom. The van der Waals surface area contributed by atoms with Gasteiger partial charge in [0.05, 0.1) is 5.52 Å². The van der Waals surface area contributed by atoms with Gasteiger partial charge in [0.2, 0.25) is 0 Å². The van der Waals surface area contributed by atoms with Crippen molar-refractivity contribution in [3.63, 3.8) is 0 Å². The van der Waals surface area contributed by atoms with Crippen molar-refractivity contribution in [1.82, 2.24) is 15.3 Å². The maximum atomic E-state index is 11.6. The molecule has 1 atom stereocenters. The van der Waals surface area contributed by atoms with E-state index in [4.69, 9.17) is 0 Å². The van der Waals surface area contributed by atoms with Gasteiger partial charge < -0.3 is 10.3 Å². The molecule has 2 N–H and O–H groups in total. The first-order chi connectivity index (χ1) is 8.34. The predicted molar refractivity (Wildman–Crippen MR) is 67.2 cm³/mol. The fourth-order valence-electron chi connectivity index (χ4n) is 2.54. The van der Waals surface area contributed by atoms with Crippen LogP contribution in [0.25, 0.3) is 10.9 Å². The van der Waals surface area contributed by atoms with E-state index < -0.39 is 0 Å². The molecular formula is C13H15N3O. The molecule has 2 heterocycles. The SMILES string of the molecule is O=c1nc2ccccc2c(C2CCCNC2)[nH]1. The molecule has 1 aromatic heterocycles. The lowest BCUT2D eigenvalue weighted by Crippen LogP contribution is -2.30. The number of nitrogens with zero attached hydrogens (tertiary/aromatic N) is 1. The van der Waals surface area contributed by atoms with Crippen molar-refractivity contribution in [2.24, 2.45) is 0 Å². The van der Waals surface area contributed by atoms with Crippen LogP contribution in [-0.4, -0.2) is 23.1 Å². The Bertz CT molecular complexity index is 584. The zero-order valence-electron chi connectivity index (χ0n) is 9.57. The normalized spacial score (nSPS) is 20.6. The van der Waals surface area contributed by atoms with Gasteiger partial charge in [-0.2, -0.15) is 4.98 Å². The van der Waals surface area contributed by atoms with Crippen LogP contribution in [0, 0.1) is 0 Å². The van der Waals surface area contributed by atoms with E-state index >= 15 is 0 Å². The summed E-state index contributed by atoms with van der Waals surface area (Å²) in [7, 11) is 0. The Hall–Kier alpha value is -1.68. The molecule has 1 aliphatic heterocycles. The van der Waals surface area contributed by atoms with E-state index in [1.807, 2.05) is 24.3 Å². The first kappa shape index (κ1) is 10.5. The lowest BCUT2D eigenvalue weighted by molar-refractivity contribution is 0.456. The predicted octanol–water partition coefficient (Wildman–Crippen LogP) is 1.39. The molecule has 0 saturated carbocycles. The second-order valence-electron chi connectivity index (χ2n) is 4.52. The second-order valence-corrected chi connectivity index (χ2v) is 4.52. The van der Waals surface area contributed by atoms with Crippen molar-refractivity contribution in [3.8, 4) is 0 Å². The van der Waals surface area contributed by atoms with Crippen LogP contribution >= 0.6 is 0 Å². The standard InChI is InChI=1S/C13H15N3O/c17-13-15-11-6-2-1-5-10(11)12(16-13)9-4-3-7-14-8-9/h1-2,5-6,9,14H,3-4,7-8H2,(H,15,16,17). The van der Waals surface area contributed by atoms with Gasteiger partial charge in [-0.1, -0.05) is 18.2 Å². The quantitative estimate of drug-likeness (QED) is 0.777. The zero-order chi connectivity index (χ0) is 11.7. The third-order valence-electron chi connectivity index (χ3n) is 3.36. The first-order valence-corrected chi connectivity index (χ1v) is 6.04. The maximum absolute atomic E-state index is 11.6. The molecule has 1 unspecified atom stereocenters. The molecule has 1 aliphatic rings. The van der Waals surface area contributed by atoms with Crippen molar-refractivity contribution in [1.29, 1.82) is 0 Å². The number of fused-ring (bicyclic) bond motifs is 1. The minimum atomic E-state index is -0.246. The number of aromatic amines is 1. The van der Waals surface area contributed by atoms with Crippen molar-refractivity contribution in [3.05, 3.63) is 40.4 Å². The number of rotatable bonds is 1. The number of benzene rings is 1. The van der Waals surface area contributed by atoms with Gasteiger partial charge in [-0.3, -0.25) is 0 Å². The molecule has 88 valence electrons. The molecule has 0 amide bonds. The van der Waals surface area contributed by atoms with Crippen LogP contribution in [0.2, 0.25) is 0 Å². The Morgan fingerprint density at radius 1 is 1.29 bits per heavy atom.